The molecular formula is C12H13NO3S. The van der Waals surface area contributed by atoms with Crippen LogP contribution in [0.15, 0.2) is 29.2 Å². The lowest BCUT2D eigenvalue weighted by atomic mass is 10.1. The Bertz CT molecular complexity index is 444. The highest BCUT2D eigenvalue weighted by atomic mass is 32.2. The molecule has 1 N–H and O–H groups in total. The fraction of sp³-hybridized carbons (Fsp3) is 0.333. The molecule has 0 bridgehead atoms. The molecule has 0 aliphatic carbocycles. The first-order valence-corrected chi connectivity index (χ1v) is 6.54. The molecule has 2 rings (SSSR count). The highest BCUT2D eigenvalue weighted by Crippen LogP contribution is 2.27. The van der Waals surface area contributed by atoms with Crippen molar-refractivity contribution in [1.29, 1.82) is 0 Å². The van der Waals surface area contributed by atoms with Gasteiger partial charge in [-0.2, -0.15) is 0 Å². The maximum atomic E-state index is 11.8. The van der Waals surface area contributed by atoms with Crippen molar-refractivity contribution in [3.05, 3.63) is 24.3 Å². The van der Waals surface area contributed by atoms with Gasteiger partial charge in [0.2, 0.25) is 5.91 Å². The van der Waals surface area contributed by atoms with E-state index in [1.807, 2.05) is 30.5 Å². The third-order valence-electron chi connectivity index (χ3n) is 2.89. The molecule has 1 aromatic carbocycles. The predicted octanol–water partition coefficient (Wildman–Crippen LogP) is 1.85. The van der Waals surface area contributed by atoms with Crippen LogP contribution in [0.5, 0.6) is 0 Å². The SMILES string of the molecule is CSc1ccc(N2CCC(C(=O)O)C2=O)cc1. The van der Waals surface area contributed by atoms with Crippen LogP contribution in [0.3, 0.4) is 0 Å². The number of benzene rings is 1. The summed E-state index contributed by atoms with van der Waals surface area (Å²) >= 11 is 1.63. The summed E-state index contributed by atoms with van der Waals surface area (Å²) in [5.41, 5.74) is 0.775. The van der Waals surface area contributed by atoms with Gasteiger partial charge in [-0.05, 0) is 36.9 Å². The molecule has 0 aromatic heterocycles. The van der Waals surface area contributed by atoms with Crippen LogP contribution in [0.25, 0.3) is 0 Å². The Morgan fingerprint density at radius 3 is 2.53 bits per heavy atom. The molecule has 1 saturated heterocycles. The Hall–Kier alpha value is -1.49. The van der Waals surface area contributed by atoms with Crippen LogP contribution in [0.1, 0.15) is 6.42 Å². The number of thioether (sulfide) groups is 1. The Morgan fingerprint density at radius 2 is 2.06 bits per heavy atom. The molecule has 1 amide bonds. The summed E-state index contributed by atoms with van der Waals surface area (Å²) in [6.07, 6.45) is 2.37. The van der Waals surface area contributed by atoms with Gasteiger partial charge in [-0.1, -0.05) is 0 Å². The van der Waals surface area contributed by atoms with Crippen LogP contribution in [-0.4, -0.2) is 29.8 Å². The molecule has 4 nitrogen and oxygen atoms in total. The lowest BCUT2D eigenvalue weighted by molar-refractivity contribution is -0.144. The summed E-state index contributed by atoms with van der Waals surface area (Å²) in [6, 6.07) is 7.57. The van der Waals surface area contributed by atoms with E-state index in [4.69, 9.17) is 5.11 Å². The topological polar surface area (TPSA) is 57.6 Å². The first-order chi connectivity index (χ1) is 8.13. The average molecular weight is 251 g/mol. The van der Waals surface area contributed by atoms with Gasteiger partial charge in [0.1, 0.15) is 5.92 Å². The van der Waals surface area contributed by atoms with E-state index in [0.29, 0.717) is 13.0 Å². The maximum Gasteiger partial charge on any atom is 0.316 e. The van der Waals surface area contributed by atoms with Gasteiger partial charge < -0.3 is 10.0 Å². The van der Waals surface area contributed by atoms with Crippen molar-refractivity contribution in [2.75, 3.05) is 17.7 Å². The standard InChI is InChI=1S/C12H13NO3S/c1-17-9-4-2-8(3-5-9)13-7-6-10(11(13)14)12(15)16/h2-5,10H,6-7H2,1H3,(H,15,16). The molecule has 1 fully saturated rings. The van der Waals surface area contributed by atoms with Crippen molar-refractivity contribution in [2.24, 2.45) is 5.92 Å². The fourth-order valence-corrected chi connectivity index (χ4v) is 2.34. The highest BCUT2D eigenvalue weighted by Gasteiger charge is 2.37. The van der Waals surface area contributed by atoms with Crippen LogP contribution in [-0.2, 0) is 9.59 Å². The number of hydrogen-bond acceptors (Lipinski definition) is 3. The van der Waals surface area contributed by atoms with Crippen LogP contribution >= 0.6 is 11.8 Å². The molecule has 90 valence electrons. The van der Waals surface area contributed by atoms with Crippen LogP contribution in [0.4, 0.5) is 5.69 Å². The second-order valence-electron chi connectivity index (χ2n) is 3.87. The third-order valence-corrected chi connectivity index (χ3v) is 3.63. The normalized spacial score (nSPS) is 19.7. The third kappa shape index (κ3) is 2.29. The van der Waals surface area contributed by atoms with E-state index in [9.17, 15) is 9.59 Å². The van der Waals surface area contributed by atoms with Crippen LogP contribution < -0.4 is 4.90 Å². The molecule has 0 spiro atoms. The monoisotopic (exact) mass is 251 g/mol. The Balaban J connectivity index is 2.18. The maximum absolute atomic E-state index is 11.8. The van der Waals surface area contributed by atoms with E-state index < -0.39 is 11.9 Å². The number of hydrogen-bond donors (Lipinski definition) is 1. The van der Waals surface area contributed by atoms with Gasteiger partial charge >= 0.3 is 5.97 Å². The van der Waals surface area contributed by atoms with E-state index in [1.54, 1.807) is 16.7 Å². The zero-order valence-electron chi connectivity index (χ0n) is 9.42. The summed E-state index contributed by atoms with van der Waals surface area (Å²) in [7, 11) is 0. The number of carboxylic acids is 1. The van der Waals surface area contributed by atoms with E-state index in [2.05, 4.69) is 0 Å². The minimum absolute atomic E-state index is 0.311. The van der Waals surface area contributed by atoms with Gasteiger partial charge in [-0.3, -0.25) is 9.59 Å². The molecule has 1 heterocycles. The summed E-state index contributed by atoms with van der Waals surface area (Å²) in [4.78, 5) is 25.3. The molecule has 17 heavy (non-hydrogen) atoms. The molecule has 1 aromatic rings. The number of carbonyl (C=O) groups excluding carboxylic acids is 1. The van der Waals surface area contributed by atoms with Crippen molar-refractivity contribution in [1.82, 2.24) is 0 Å². The molecule has 5 heteroatoms. The molecule has 1 atom stereocenters. The molecule has 0 saturated carbocycles. The Kier molecular flexibility index (Phi) is 3.38. The molecule has 0 radical (unpaired) electrons. The number of rotatable bonds is 3. The van der Waals surface area contributed by atoms with Gasteiger partial charge in [-0.25, -0.2) is 0 Å². The molecule has 1 unspecified atom stereocenters. The largest absolute Gasteiger partial charge is 0.481 e. The van der Waals surface area contributed by atoms with Crippen molar-refractivity contribution in [3.63, 3.8) is 0 Å². The van der Waals surface area contributed by atoms with E-state index in [0.717, 1.165) is 10.6 Å². The van der Waals surface area contributed by atoms with Gasteiger partial charge in [-0.15, -0.1) is 11.8 Å². The van der Waals surface area contributed by atoms with Gasteiger partial charge in [0.05, 0.1) is 0 Å². The predicted molar refractivity (Wildman–Crippen MR) is 66.3 cm³/mol. The lowest BCUT2D eigenvalue weighted by Gasteiger charge is -2.16. The number of carboxylic acid groups (broad SMARTS) is 1. The summed E-state index contributed by atoms with van der Waals surface area (Å²) in [5, 5.41) is 8.88. The molecule has 1 aliphatic heterocycles. The summed E-state index contributed by atoms with van der Waals surface area (Å²) in [6.45, 7) is 0.481. The molecular weight excluding hydrogens is 238 g/mol. The Labute approximate surface area is 104 Å². The summed E-state index contributed by atoms with van der Waals surface area (Å²) in [5.74, 6) is -2.22. The number of aliphatic carboxylic acids is 1. The van der Waals surface area contributed by atoms with Crippen molar-refractivity contribution in [3.8, 4) is 0 Å². The van der Waals surface area contributed by atoms with Crippen molar-refractivity contribution >= 4 is 29.3 Å². The minimum Gasteiger partial charge on any atom is -0.481 e. The smallest absolute Gasteiger partial charge is 0.316 e. The van der Waals surface area contributed by atoms with E-state index >= 15 is 0 Å². The Morgan fingerprint density at radius 1 is 1.41 bits per heavy atom. The zero-order chi connectivity index (χ0) is 12.4. The lowest BCUT2D eigenvalue weighted by Crippen LogP contribution is -2.29. The van der Waals surface area contributed by atoms with E-state index in [-0.39, 0.29) is 5.91 Å². The molecule has 1 aliphatic rings. The fourth-order valence-electron chi connectivity index (χ4n) is 1.93. The summed E-state index contributed by atoms with van der Waals surface area (Å²) < 4.78 is 0. The van der Waals surface area contributed by atoms with Gasteiger partial charge in [0.25, 0.3) is 0 Å². The number of carbonyl (C=O) groups is 2. The van der Waals surface area contributed by atoms with Crippen molar-refractivity contribution in [2.45, 2.75) is 11.3 Å². The first-order valence-electron chi connectivity index (χ1n) is 5.31. The first kappa shape index (κ1) is 12.0. The number of anilines is 1. The van der Waals surface area contributed by atoms with Gasteiger partial charge in [0.15, 0.2) is 0 Å². The second kappa shape index (κ2) is 4.79. The van der Waals surface area contributed by atoms with Crippen LogP contribution in [0.2, 0.25) is 0 Å². The highest BCUT2D eigenvalue weighted by molar-refractivity contribution is 7.98. The minimum atomic E-state index is -1.03. The van der Waals surface area contributed by atoms with Crippen molar-refractivity contribution < 1.29 is 14.7 Å². The quantitative estimate of drug-likeness (QED) is 0.658. The number of amides is 1. The van der Waals surface area contributed by atoms with Crippen LogP contribution in [0, 0.1) is 5.92 Å². The van der Waals surface area contributed by atoms with Gasteiger partial charge in [0, 0.05) is 17.1 Å². The zero-order valence-corrected chi connectivity index (χ0v) is 10.2. The average Bonchev–Trinajstić information content (AvgIpc) is 2.71. The second-order valence-corrected chi connectivity index (χ2v) is 4.75. The van der Waals surface area contributed by atoms with E-state index in [1.165, 1.54) is 0 Å². The number of nitrogens with zero attached hydrogens (tertiary/aromatic N) is 1.